The molecule has 21 heavy (non-hydrogen) atoms. The summed E-state index contributed by atoms with van der Waals surface area (Å²) in [5, 5.41) is 4.00. The van der Waals surface area contributed by atoms with Gasteiger partial charge in [-0.1, -0.05) is 36.2 Å². The molecule has 1 aromatic heterocycles. The van der Waals surface area contributed by atoms with E-state index >= 15 is 0 Å². The molecule has 1 heterocycles. The number of para-hydroxylation sites is 1. The van der Waals surface area contributed by atoms with Crippen LogP contribution >= 0.6 is 12.4 Å². The zero-order chi connectivity index (χ0) is 13.8. The van der Waals surface area contributed by atoms with Gasteiger partial charge in [-0.3, -0.25) is 0 Å². The van der Waals surface area contributed by atoms with E-state index in [1.165, 1.54) is 12.8 Å². The summed E-state index contributed by atoms with van der Waals surface area (Å²) >= 11 is 0. The second-order valence-corrected chi connectivity index (χ2v) is 5.31. The maximum absolute atomic E-state index is 5.92. The third kappa shape index (κ3) is 3.36. The summed E-state index contributed by atoms with van der Waals surface area (Å²) in [6.07, 6.45) is 4.42. The minimum Gasteiger partial charge on any atom is -0.485 e. The van der Waals surface area contributed by atoms with Crippen LogP contribution in [0.2, 0.25) is 0 Å². The van der Waals surface area contributed by atoms with Crippen LogP contribution in [0.4, 0.5) is 0 Å². The molecular weight excluding hydrogens is 290 g/mol. The maximum Gasteiger partial charge on any atom is 0.234 e. The van der Waals surface area contributed by atoms with Crippen molar-refractivity contribution in [2.45, 2.75) is 37.7 Å². The summed E-state index contributed by atoms with van der Waals surface area (Å²) in [4.78, 5) is 4.47. The number of aromatic nitrogens is 2. The SMILES string of the molecule is Cl.NCC1(c2nc(COc3ccccc3)no2)CCCC1. The van der Waals surface area contributed by atoms with Gasteiger partial charge < -0.3 is 15.0 Å². The monoisotopic (exact) mass is 309 g/mol. The van der Waals surface area contributed by atoms with Crippen molar-refractivity contribution in [1.29, 1.82) is 0 Å². The van der Waals surface area contributed by atoms with Gasteiger partial charge in [-0.15, -0.1) is 12.4 Å². The Balaban J connectivity index is 0.00000161. The summed E-state index contributed by atoms with van der Waals surface area (Å²) in [6.45, 7) is 0.877. The number of benzene rings is 1. The van der Waals surface area contributed by atoms with Crippen molar-refractivity contribution in [1.82, 2.24) is 10.1 Å². The molecule has 1 saturated carbocycles. The third-order valence-electron chi connectivity index (χ3n) is 3.98. The molecule has 0 amide bonds. The molecule has 1 aliphatic carbocycles. The summed E-state index contributed by atoms with van der Waals surface area (Å²) in [7, 11) is 0. The van der Waals surface area contributed by atoms with Crippen LogP contribution in [0.5, 0.6) is 5.75 Å². The van der Waals surface area contributed by atoms with Gasteiger partial charge in [0.25, 0.3) is 0 Å². The number of hydrogen-bond acceptors (Lipinski definition) is 5. The van der Waals surface area contributed by atoms with E-state index in [1.54, 1.807) is 0 Å². The van der Waals surface area contributed by atoms with Gasteiger partial charge in [0.1, 0.15) is 5.75 Å². The van der Waals surface area contributed by atoms with E-state index in [4.69, 9.17) is 15.0 Å². The molecule has 114 valence electrons. The van der Waals surface area contributed by atoms with E-state index in [0.29, 0.717) is 24.9 Å². The van der Waals surface area contributed by atoms with Crippen molar-refractivity contribution in [3.63, 3.8) is 0 Å². The van der Waals surface area contributed by atoms with E-state index in [1.807, 2.05) is 30.3 Å². The fourth-order valence-electron chi connectivity index (χ4n) is 2.75. The zero-order valence-corrected chi connectivity index (χ0v) is 12.6. The van der Waals surface area contributed by atoms with E-state index in [2.05, 4.69) is 10.1 Å². The van der Waals surface area contributed by atoms with Gasteiger partial charge in [-0.25, -0.2) is 0 Å². The van der Waals surface area contributed by atoms with Crippen LogP contribution in [0, 0.1) is 0 Å². The van der Waals surface area contributed by atoms with Crippen LogP contribution < -0.4 is 10.5 Å². The van der Waals surface area contributed by atoms with Crippen molar-refractivity contribution in [2.24, 2.45) is 5.73 Å². The summed E-state index contributed by atoms with van der Waals surface area (Å²) in [6, 6.07) is 9.61. The quantitative estimate of drug-likeness (QED) is 0.919. The third-order valence-corrected chi connectivity index (χ3v) is 3.98. The Labute approximate surface area is 130 Å². The largest absolute Gasteiger partial charge is 0.485 e. The highest BCUT2D eigenvalue weighted by Gasteiger charge is 2.39. The van der Waals surface area contributed by atoms with Crippen LogP contribution in [0.15, 0.2) is 34.9 Å². The fourth-order valence-corrected chi connectivity index (χ4v) is 2.75. The van der Waals surface area contributed by atoms with Crippen molar-refractivity contribution in [3.8, 4) is 5.75 Å². The molecule has 2 aromatic rings. The molecule has 5 nitrogen and oxygen atoms in total. The standard InChI is InChI=1S/C15H19N3O2.ClH/c16-11-15(8-4-5-9-15)14-17-13(18-20-14)10-19-12-6-2-1-3-7-12;/h1-3,6-7H,4-5,8-11,16H2;1H. The summed E-state index contributed by atoms with van der Waals surface area (Å²) in [5.41, 5.74) is 5.80. The topological polar surface area (TPSA) is 74.2 Å². The molecule has 0 saturated heterocycles. The van der Waals surface area contributed by atoms with E-state index in [0.717, 1.165) is 18.6 Å². The van der Waals surface area contributed by atoms with E-state index < -0.39 is 0 Å². The molecule has 0 unspecified atom stereocenters. The van der Waals surface area contributed by atoms with Crippen molar-refractivity contribution in [3.05, 3.63) is 42.0 Å². The predicted octanol–water partition coefficient (Wildman–Crippen LogP) is 2.84. The number of hydrogen-bond donors (Lipinski definition) is 1. The number of halogens is 1. The molecule has 0 bridgehead atoms. The lowest BCUT2D eigenvalue weighted by Gasteiger charge is -2.21. The highest BCUT2D eigenvalue weighted by Crippen LogP contribution is 2.39. The number of ether oxygens (including phenoxy) is 1. The molecule has 1 fully saturated rings. The molecule has 0 aliphatic heterocycles. The first-order chi connectivity index (χ1) is 9.82. The van der Waals surface area contributed by atoms with E-state index in [9.17, 15) is 0 Å². The van der Waals surface area contributed by atoms with Crippen LogP contribution in [0.25, 0.3) is 0 Å². The molecule has 3 rings (SSSR count). The molecule has 2 N–H and O–H groups in total. The summed E-state index contributed by atoms with van der Waals surface area (Å²) in [5.74, 6) is 2.04. The van der Waals surface area contributed by atoms with Gasteiger partial charge in [-0.05, 0) is 25.0 Å². The van der Waals surface area contributed by atoms with Crippen LogP contribution in [-0.4, -0.2) is 16.7 Å². The van der Waals surface area contributed by atoms with Gasteiger partial charge in [0.2, 0.25) is 11.7 Å². The fraction of sp³-hybridized carbons (Fsp3) is 0.467. The lowest BCUT2D eigenvalue weighted by molar-refractivity contribution is 0.269. The number of rotatable bonds is 5. The Bertz CT molecular complexity index is 553. The van der Waals surface area contributed by atoms with Crippen molar-refractivity contribution in [2.75, 3.05) is 6.54 Å². The minimum absolute atomic E-state index is 0. The second kappa shape index (κ2) is 6.91. The van der Waals surface area contributed by atoms with Crippen LogP contribution in [0.3, 0.4) is 0 Å². The molecule has 0 radical (unpaired) electrons. The Morgan fingerprint density at radius 1 is 1.19 bits per heavy atom. The highest BCUT2D eigenvalue weighted by atomic mass is 35.5. The zero-order valence-electron chi connectivity index (χ0n) is 11.8. The van der Waals surface area contributed by atoms with Gasteiger partial charge in [0.15, 0.2) is 6.61 Å². The average molecular weight is 310 g/mol. The Hall–Kier alpha value is -1.59. The molecule has 1 aliphatic rings. The normalized spacial score (nSPS) is 16.4. The van der Waals surface area contributed by atoms with Crippen LogP contribution in [-0.2, 0) is 12.0 Å². The van der Waals surface area contributed by atoms with Crippen molar-refractivity contribution < 1.29 is 9.26 Å². The highest BCUT2D eigenvalue weighted by molar-refractivity contribution is 5.85. The van der Waals surface area contributed by atoms with Crippen molar-refractivity contribution >= 4 is 12.4 Å². The molecular formula is C15H20ClN3O2. The maximum atomic E-state index is 5.92. The lowest BCUT2D eigenvalue weighted by Crippen LogP contribution is -2.32. The Morgan fingerprint density at radius 2 is 1.90 bits per heavy atom. The predicted molar refractivity (Wildman–Crippen MR) is 81.5 cm³/mol. The van der Waals surface area contributed by atoms with Gasteiger partial charge in [0, 0.05) is 6.54 Å². The van der Waals surface area contributed by atoms with E-state index in [-0.39, 0.29) is 17.8 Å². The first kappa shape index (κ1) is 15.8. The van der Waals surface area contributed by atoms with Gasteiger partial charge in [-0.2, -0.15) is 4.98 Å². The van der Waals surface area contributed by atoms with Gasteiger partial charge >= 0.3 is 0 Å². The second-order valence-electron chi connectivity index (χ2n) is 5.31. The first-order valence-electron chi connectivity index (χ1n) is 7.03. The Kier molecular flexibility index (Phi) is 5.20. The average Bonchev–Trinajstić information content (AvgIpc) is 3.16. The minimum atomic E-state index is -0.113. The molecule has 0 spiro atoms. The van der Waals surface area contributed by atoms with Gasteiger partial charge in [0.05, 0.1) is 5.41 Å². The Morgan fingerprint density at radius 3 is 2.57 bits per heavy atom. The smallest absolute Gasteiger partial charge is 0.234 e. The molecule has 0 atom stereocenters. The first-order valence-corrected chi connectivity index (χ1v) is 7.03. The number of nitrogens with two attached hydrogens (primary N) is 1. The molecule has 1 aromatic carbocycles. The number of nitrogens with zero attached hydrogens (tertiary/aromatic N) is 2. The molecule has 6 heteroatoms. The lowest BCUT2D eigenvalue weighted by atomic mass is 9.86. The summed E-state index contributed by atoms with van der Waals surface area (Å²) < 4.78 is 11.0. The van der Waals surface area contributed by atoms with Crippen LogP contribution in [0.1, 0.15) is 37.4 Å².